The van der Waals surface area contributed by atoms with Crippen LogP contribution in [0.3, 0.4) is 0 Å². The van der Waals surface area contributed by atoms with Crippen LogP contribution >= 0.6 is 0 Å². The fraction of sp³-hybridized carbons (Fsp3) is 0. The first kappa shape index (κ1) is 83.8. The highest BCUT2D eigenvalue weighted by Crippen LogP contribution is 2.46. The Morgan fingerprint density at radius 3 is 0.655 bits per heavy atom. The second-order valence-electron chi connectivity index (χ2n) is 37.7. The summed E-state index contributed by atoms with van der Waals surface area (Å²) in [7, 11) is 0. The number of aromatic nitrogens is 7. The molecule has 0 saturated heterocycles. The van der Waals surface area contributed by atoms with E-state index in [2.05, 4.69) is 584 Å². The Labute approximate surface area is 836 Å². The summed E-state index contributed by atoms with van der Waals surface area (Å²) in [4.78, 5) is 0. The molecular weight excluding hydrogens is 1760 g/mol. The van der Waals surface area contributed by atoms with Crippen LogP contribution in [0.25, 0.3) is 259 Å². The Kier molecular flexibility index (Phi) is 20.2. The van der Waals surface area contributed by atoms with Crippen molar-refractivity contribution >= 4 is 169 Å². The normalized spacial score (nSPS) is 11.7. The third-order valence-corrected chi connectivity index (χ3v) is 29.6. The second kappa shape index (κ2) is 34.9. The molecule has 0 aliphatic rings. The molecule has 30 rings (SSSR count). The average molecular weight is 1850 g/mol. The van der Waals surface area contributed by atoms with Crippen LogP contribution < -0.4 is 0 Å². The quantitative estimate of drug-likeness (QED) is 0.131. The van der Waals surface area contributed by atoms with Gasteiger partial charge in [-0.05, 0) is 218 Å². The van der Waals surface area contributed by atoms with Crippen molar-refractivity contribution in [1.82, 2.24) is 31.5 Å². The summed E-state index contributed by atoms with van der Waals surface area (Å²) in [6.07, 6.45) is 0. The van der Waals surface area contributed by atoms with Crippen molar-refractivity contribution in [1.29, 1.82) is 0 Å². The number of para-hydroxylation sites is 17. The monoisotopic (exact) mass is 1850 g/mol. The smallest absolute Gasteiger partial charge is 0.0703 e. The van der Waals surface area contributed by atoms with E-state index in [4.69, 9.17) is 0 Å². The number of rotatable bonds is 10. The molecule has 7 heterocycles. The van der Waals surface area contributed by atoms with Gasteiger partial charge in [0.25, 0.3) is 0 Å². The van der Waals surface area contributed by atoms with Gasteiger partial charge in [0.15, 0.2) is 0 Å². The summed E-state index contributed by atoms with van der Waals surface area (Å²) in [6.45, 7) is 0. The highest BCUT2D eigenvalue weighted by atomic mass is 15.0. The molecule has 0 unspecified atom stereocenters. The van der Waals surface area contributed by atoms with Gasteiger partial charge in [-0.1, -0.05) is 400 Å². The maximum atomic E-state index is 2.49. The lowest BCUT2D eigenvalue weighted by molar-refractivity contribution is 1.16. The Morgan fingerprint density at radius 2 is 0.283 bits per heavy atom. The van der Waals surface area contributed by atoms with E-state index in [0.29, 0.717) is 0 Å². The van der Waals surface area contributed by atoms with Crippen LogP contribution in [-0.4, -0.2) is 31.5 Å². The molecule has 23 aromatic carbocycles. The fourth-order valence-electron chi connectivity index (χ4n) is 23.2. The maximum absolute atomic E-state index is 2.49. The molecule has 7 aromatic heterocycles. The molecule has 7 nitrogen and oxygen atoms in total. The van der Waals surface area contributed by atoms with Crippen LogP contribution in [0, 0.1) is 0 Å². The van der Waals surface area contributed by atoms with Gasteiger partial charge in [0.1, 0.15) is 0 Å². The third kappa shape index (κ3) is 14.0. The molecule has 0 saturated carbocycles. The Balaban J connectivity index is 0.000000107. The molecule has 0 N–H and O–H groups in total. The molecular formula is C138H91N7. The summed E-state index contributed by atoms with van der Waals surface area (Å²) < 4.78 is 17.1. The molecule has 0 radical (unpaired) electrons. The minimum absolute atomic E-state index is 1.10. The number of hydrogen-bond donors (Lipinski definition) is 0. The van der Waals surface area contributed by atoms with Gasteiger partial charge in [0, 0.05) is 98.2 Å². The molecule has 0 amide bonds. The minimum atomic E-state index is 1.10. The van der Waals surface area contributed by atoms with Crippen LogP contribution in [0.2, 0.25) is 0 Å². The van der Waals surface area contributed by atoms with E-state index in [-0.39, 0.29) is 0 Å². The van der Waals surface area contributed by atoms with E-state index >= 15 is 0 Å². The second-order valence-corrected chi connectivity index (χ2v) is 37.7. The first-order chi connectivity index (χ1) is 72.0. The van der Waals surface area contributed by atoms with E-state index < -0.39 is 0 Å². The molecule has 0 aliphatic carbocycles. The number of fused-ring (bicyclic) bond motifs is 24. The van der Waals surface area contributed by atoms with Crippen molar-refractivity contribution in [2.24, 2.45) is 0 Å². The first-order valence-electron chi connectivity index (χ1n) is 49.8. The lowest BCUT2D eigenvalue weighted by Gasteiger charge is -2.19. The Hall–Kier alpha value is -19.3. The molecule has 678 valence electrons. The van der Waals surface area contributed by atoms with Crippen LogP contribution in [-0.2, 0) is 0 Å². The van der Waals surface area contributed by atoms with Crippen molar-refractivity contribution in [2.75, 3.05) is 0 Å². The van der Waals surface area contributed by atoms with E-state index in [1.165, 1.54) is 197 Å². The van der Waals surface area contributed by atoms with Crippen LogP contribution in [0.1, 0.15) is 0 Å². The standard InChI is InChI=1S/C54H36N2.C48H31N3.C36H24N2/c1-3-14-37(15-4-1)39-26-30-41(31-27-39)43-34-44(42-32-28-40(29-33-42)38-16-5-2-6-17-38)36-45(35-43)55-50-22-9-7-18-46(50)48-20-13-21-49-47-19-8-10-23-51(47)56(54(48)49)53-25-12-11-24-52(53)55;1-3-14-34(15-4-1)49-43-23-10-8-19-37(43)40-30-32(26-28-44(40)49)33-27-29-45-41(31-33)39-21-13-20-38-36-18-7-9-22-42(36)50(35-16-5-2-6-17-35)46-24-11-12-25-47(46)51(45)48(38)39;1-2-12-25(13-3-1)26-14-10-15-27(24-26)37-32-20-6-4-16-28(32)30-18-11-19-31-29-17-5-7-21-33(29)38(36(30)31)35-23-9-8-22-34(35)37/h1-36H;1-31H;1-24H. The average Bonchev–Trinajstić information content (AvgIpc) is 1.58. The summed E-state index contributed by atoms with van der Waals surface area (Å²) in [5, 5.41) is 17.4. The largest absolute Gasteiger partial charge is 0.309 e. The summed E-state index contributed by atoms with van der Waals surface area (Å²) in [5.41, 5.74) is 39.1. The minimum Gasteiger partial charge on any atom is -0.309 e. The molecule has 0 fully saturated rings. The van der Waals surface area contributed by atoms with E-state index in [9.17, 15) is 0 Å². The molecule has 0 bridgehead atoms. The zero-order chi connectivity index (χ0) is 95.5. The third-order valence-electron chi connectivity index (χ3n) is 29.6. The predicted octanol–water partition coefficient (Wildman–Crippen LogP) is 36.8. The topological polar surface area (TPSA) is 33.0 Å². The van der Waals surface area contributed by atoms with Crippen molar-refractivity contribution in [2.45, 2.75) is 0 Å². The maximum Gasteiger partial charge on any atom is 0.0703 e. The van der Waals surface area contributed by atoms with E-state index in [1.807, 2.05) is 0 Å². The van der Waals surface area contributed by atoms with Crippen molar-refractivity contribution in [3.63, 3.8) is 0 Å². The van der Waals surface area contributed by atoms with Crippen LogP contribution in [0.5, 0.6) is 0 Å². The highest BCUT2D eigenvalue weighted by molar-refractivity contribution is 6.24. The zero-order valence-corrected chi connectivity index (χ0v) is 79.2. The Morgan fingerprint density at radius 1 is 0.0897 bits per heavy atom. The van der Waals surface area contributed by atoms with Gasteiger partial charge in [0.05, 0.1) is 93.8 Å². The van der Waals surface area contributed by atoms with Crippen molar-refractivity contribution in [3.8, 4) is 89.5 Å². The molecule has 7 heteroatoms. The molecule has 145 heavy (non-hydrogen) atoms. The van der Waals surface area contributed by atoms with Crippen LogP contribution in [0.4, 0.5) is 0 Å². The summed E-state index contributed by atoms with van der Waals surface area (Å²) in [6, 6.07) is 201. The Bertz CT molecular complexity index is 10400. The van der Waals surface area contributed by atoms with Gasteiger partial charge in [-0.25, -0.2) is 0 Å². The molecule has 0 spiro atoms. The number of nitrogens with zero attached hydrogens (tertiary/aromatic N) is 7. The van der Waals surface area contributed by atoms with Gasteiger partial charge in [-0.2, -0.15) is 0 Å². The van der Waals surface area contributed by atoms with Gasteiger partial charge in [-0.15, -0.1) is 0 Å². The molecule has 0 aliphatic heterocycles. The van der Waals surface area contributed by atoms with Gasteiger partial charge in [-0.3, -0.25) is 0 Å². The first-order valence-corrected chi connectivity index (χ1v) is 49.8. The lowest BCUT2D eigenvalue weighted by Crippen LogP contribution is -2.02. The zero-order valence-electron chi connectivity index (χ0n) is 79.2. The lowest BCUT2D eigenvalue weighted by atomic mass is 9.95. The SMILES string of the molecule is c1ccc(-c2ccc(-c3cc(-c4ccc(-c5ccccc5)cc4)cc(-n4c5ccccc5c5cccc6c7ccccc7n(c7ccccc74)c56)c3)cc2)cc1.c1ccc(-c2cccc(-n3c4ccccc4c4cccc5c6ccccc6n(c6ccccc63)c45)c2)cc1.c1ccc(-n2c3ccccc3c3cc(-c4ccc5c(c4)c4cccc6c7ccccc7n(-c7ccccc7)c7ccccc7n5c64)ccc32)cc1. The summed E-state index contributed by atoms with van der Waals surface area (Å²) >= 11 is 0. The van der Waals surface area contributed by atoms with Crippen LogP contribution in [0.15, 0.2) is 552 Å². The highest BCUT2D eigenvalue weighted by Gasteiger charge is 2.24. The van der Waals surface area contributed by atoms with E-state index in [0.717, 1.165) is 61.3 Å². The summed E-state index contributed by atoms with van der Waals surface area (Å²) in [5.74, 6) is 0. The predicted molar refractivity (Wildman–Crippen MR) is 614 cm³/mol. The van der Waals surface area contributed by atoms with Crippen molar-refractivity contribution in [3.05, 3.63) is 552 Å². The van der Waals surface area contributed by atoms with Crippen molar-refractivity contribution < 1.29 is 0 Å². The fourth-order valence-corrected chi connectivity index (χ4v) is 23.2. The molecule has 0 atom stereocenters. The van der Waals surface area contributed by atoms with Gasteiger partial charge in [0.2, 0.25) is 0 Å². The molecule has 30 aromatic rings. The van der Waals surface area contributed by atoms with Gasteiger partial charge >= 0.3 is 0 Å². The number of benzene rings is 23. The number of hydrogen-bond acceptors (Lipinski definition) is 0. The van der Waals surface area contributed by atoms with Gasteiger partial charge < -0.3 is 31.5 Å². The van der Waals surface area contributed by atoms with E-state index in [1.54, 1.807) is 0 Å².